The first kappa shape index (κ1) is 9.54. The third-order valence-electron chi connectivity index (χ3n) is 2.55. The van der Waals surface area contributed by atoms with Gasteiger partial charge in [0.25, 0.3) is 0 Å². The first-order valence-corrected chi connectivity index (χ1v) is 5.23. The van der Waals surface area contributed by atoms with Gasteiger partial charge in [-0.25, -0.2) is 0 Å². The lowest BCUT2D eigenvalue weighted by molar-refractivity contribution is 0.453. The van der Waals surface area contributed by atoms with E-state index in [1.807, 2.05) is 0 Å². The molecule has 1 nitrogen and oxygen atoms in total. The Balaban J connectivity index is 1.80. The van der Waals surface area contributed by atoms with Gasteiger partial charge in [-0.15, -0.1) is 5.98 Å². The Morgan fingerprint density at radius 1 is 1.21 bits per heavy atom. The van der Waals surface area contributed by atoms with Crippen molar-refractivity contribution in [2.45, 2.75) is 12.8 Å². The molecule has 0 bridgehead atoms. The Bertz CT molecular complexity index is 294. The van der Waals surface area contributed by atoms with Crippen LogP contribution >= 0.6 is 0 Å². The molecule has 1 aromatic rings. The van der Waals surface area contributed by atoms with E-state index in [1.54, 1.807) is 0 Å². The molecule has 71 valence electrons. The van der Waals surface area contributed by atoms with Gasteiger partial charge < -0.3 is 4.81 Å². The molecule has 1 aliphatic rings. The molecule has 2 heteroatoms. The maximum absolute atomic E-state index is 2.38. The summed E-state index contributed by atoms with van der Waals surface area (Å²) in [5.74, 6) is 2.15. The van der Waals surface area contributed by atoms with Crippen LogP contribution in [0.15, 0.2) is 42.4 Å². The zero-order chi connectivity index (χ0) is 9.64. The van der Waals surface area contributed by atoms with Crippen molar-refractivity contribution in [2.75, 3.05) is 13.1 Å². The minimum atomic E-state index is 1.13. The number of hydrogen-bond donors (Lipinski definition) is 0. The lowest BCUT2D eigenvalue weighted by Gasteiger charge is -2.22. The van der Waals surface area contributed by atoms with Crippen LogP contribution in [0.1, 0.15) is 12.0 Å². The largest absolute Gasteiger partial charge is 0.342 e. The summed E-state index contributed by atoms with van der Waals surface area (Å²) in [5.41, 5.74) is 1.43. The van der Waals surface area contributed by atoms with E-state index in [-0.39, 0.29) is 0 Å². The molecule has 0 atom stereocenters. The molecule has 0 N–H and O–H groups in total. The summed E-state index contributed by atoms with van der Waals surface area (Å²) in [5, 5.41) is 0. The molecule has 0 aromatic heterocycles. The van der Waals surface area contributed by atoms with Crippen LogP contribution in [0.25, 0.3) is 0 Å². The van der Waals surface area contributed by atoms with E-state index in [1.165, 1.54) is 18.5 Å². The SMILES string of the molecule is [B]1C=CCCN1CCc1ccccc1. The van der Waals surface area contributed by atoms with Crippen LogP contribution in [0.4, 0.5) is 0 Å². The minimum absolute atomic E-state index is 1.13. The molecule has 1 aliphatic heterocycles. The summed E-state index contributed by atoms with van der Waals surface area (Å²) in [7, 11) is 2.19. The number of hydrogen-bond acceptors (Lipinski definition) is 1. The van der Waals surface area contributed by atoms with Gasteiger partial charge in [0, 0.05) is 0 Å². The van der Waals surface area contributed by atoms with Crippen LogP contribution in [-0.4, -0.2) is 25.3 Å². The molecule has 0 spiro atoms. The molecule has 1 radical (unpaired) electrons. The van der Waals surface area contributed by atoms with Crippen molar-refractivity contribution in [3.05, 3.63) is 47.9 Å². The van der Waals surface area contributed by atoms with Gasteiger partial charge in [0.1, 0.15) is 0 Å². The summed E-state index contributed by atoms with van der Waals surface area (Å²) >= 11 is 0. The molecule has 0 unspecified atom stereocenters. The average Bonchev–Trinajstić information content (AvgIpc) is 2.29. The Hall–Kier alpha value is -1.02. The van der Waals surface area contributed by atoms with Gasteiger partial charge in [0.2, 0.25) is 7.41 Å². The Labute approximate surface area is 86.7 Å². The van der Waals surface area contributed by atoms with Gasteiger partial charge in [0.05, 0.1) is 0 Å². The molecular weight excluding hydrogens is 169 g/mol. The van der Waals surface area contributed by atoms with Crippen LogP contribution < -0.4 is 0 Å². The van der Waals surface area contributed by atoms with Gasteiger partial charge >= 0.3 is 0 Å². The molecule has 0 aliphatic carbocycles. The number of rotatable bonds is 3. The monoisotopic (exact) mass is 184 g/mol. The zero-order valence-electron chi connectivity index (χ0n) is 8.39. The lowest BCUT2D eigenvalue weighted by atomic mass is 9.86. The number of nitrogens with zero attached hydrogens (tertiary/aromatic N) is 1. The fourth-order valence-corrected chi connectivity index (χ4v) is 1.70. The highest BCUT2D eigenvalue weighted by molar-refractivity contribution is 6.39. The van der Waals surface area contributed by atoms with Gasteiger partial charge in [0.15, 0.2) is 0 Å². The molecular formula is C12H15BN. The summed E-state index contributed by atoms with van der Waals surface area (Å²) in [6.45, 7) is 2.30. The second kappa shape index (κ2) is 5.01. The molecule has 1 aromatic carbocycles. The van der Waals surface area contributed by atoms with Gasteiger partial charge in [-0.05, 0) is 31.5 Å². The smallest absolute Gasteiger partial charge is 0.239 e. The standard InChI is InChI=1S/C12H15BN/c1-2-6-12(7-3-1)8-11-14-10-5-4-9-13-14/h1-4,6-7,9H,5,8,10-11H2. The van der Waals surface area contributed by atoms with E-state index < -0.39 is 0 Å². The van der Waals surface area contributed by atoms with E-state index in [0.29, 0.717) is 0 Å². The fraction of sp³-hybridized carbons (Fsp3) is 0.333. The molecule has 14 heavy (non-hydrogen) atoms. The van der Waals surface area contributed by atoms with Crippen molar-refractivity contribution < 1.29 is 0 Å². The van der Waals surface area contributed by atoms with Crippen LogP contribution in [-0.2, 0) is 6.42 Å². The topological polar surface area (TPSA) is 3.24 Å². The highest BCUT2D eigenvalue weighted by Gasteiger charge is 2.06. The highest BCUT2D eigenvalue weighted by atomic mass is 15.0. The second-order valence-electron chi connectivity index (χ2n) is 3.64. The second-order valence-corrected chi connectivity index (χ2v) is 3.64. The van der Waals surface area contributed by atoms with Crippen molar-refractivity contribution in [2.24, 2.45) is 0 Å². The fourth-order valence-electron chi connectivity index (χ4n) is 1.70. The summed E-state index contributed by atoms with van der Waals surface area (Å²) in [6.07, 6.45) is 4.55. The summed E-state index contributed by atoms with van der Waals surface area (Å²) in [6, 6.07) is 10.7. The van der Waals surface area contributed by atoms with E-state index in [0.717, 1.165) is 13.0 Å². The third-order valence-corrected chi connectivity index (χ3v) is 2.55. The van der Waals surface area contributed by atoms with Crippen molar-refractivity contribution in [3.8, 4) is 0 Å². The van der Waals surface area contributed by atoms with Crippen LogP contribution in [0.3, 0.4) is 0 Å². The van der Waals surface area contributed by atoms with Crippen molar-refractivity contribution in [1.82, 2.24) is 4.81 Å². The van der Waals surface area contributed by atoms with E-state index in [2.05, 4.69) is 54.6 Å². The van der Waals surface area contributed by atoms with E-state index >= 15 is 0 Å². The first-order chi connectivity index (χ1) is 6.95. The van der Waals surface area contributed by atoms with Gasteiger partial charge in [-0.1, -0.05) is 36.4 Å². The molecule has 0 saturated carbocycles. The summed E-state index contributed by atoms with van der Waals surface area (Å²) < 4.78 is 0. The van der Waals surface area contributed by atoms with E-state index in [4.69, 9.17) is 0 Å². The maximum atomic E-state index is 2.38. The van der Waals surface area contributed by atoms with Crippen molar-refractivity contribution in [1.29, 1.82) is 0 Å². The van der Waals surface area contributed by atoms with Crippen LogP contribution in [0, 0.1) is 0 Å². The highest BCUT2D eigenvalue weighted by Crippen LogP contribution is 2.03. The summed E-state index contributed by atoms with van der Waals surface area (Å²) in [4.78, 5) is 2.38. The minimum Gasteiger partial charge on any atom is -0.342 e. The average molecular weight is 184 g/mol. The molecule has 0 amide bonds. The Morgan fingerprint density at radius 3 is 2.79 bits per heavy atom. The molecule has 0 saturated heterocycles. The third kappa shape index (κ3) is 2.74. The molecule has 1 heterocycles. The predicted molar refractivity (Wildman–Crippen MR) is 61.2 cm³/mol. The van der Waals surface area contributed by atoms with Gasteiger partial charge in [-0.2, -0.15) is 0 Å². The molecule has 2 rings (SSSR count). The van der Waals surface area contributed by atoms with E-state index in [9.17, 15) is 0 Å². The Kier molecular flexibility index (Phi) is 3.41. The van der Waals surface area contributed by atoms with Crippen molar-refractivity contribution in [3.63, 3.8) is 0 Å². The van der Waals surface area contributed by atoms with Crippen LogP contribution in [0.2, 0.25) is 0 Å². The zero-order valence-corrected chi connectivity index (χ0v) is 8.39. The molecule has 0 fully saturated rings. The number of benzene rings is 1. The lowest BCUT2D eigenvalue weighted by Crippen LogP contribution is -2.32. The quantitative estimate of drug-likeness (QED) is 0.650. The first-order valence-electron chi connectivity index (χ1n) is 5.23. The maximum Gasteiger partial charge on any atom is 0.239 e. The Morgan fingerprint density at radius 2 is 2.07 bits per heavy atom. The normalized spacial score (nSPS) is 16.6. The van der Waals surface area contributed by atoms with Gasteiger partial charge in [-0.3, -0.25) is 0 Å². The predicted octanol–water partition coefficient (Wildman–Crippen LogP) is 2.07. The van der Waals surface area contributed by atoms with Crippen LogP contribution in [0.5, 0.6) is 0 Å². The van der Waals surface area contributed by atoms with Crippen molar-refractivity contribution >= 4 is 7.41 Å².